The highest BCUT2D eigenvalue weighted by atomic mass is 32.2. The number of aryl methyl sites for hydroxylation is 1. The average molecular weight is 514 g/mol. The Bertz CT molecular complexity index is 1080. The topological polar surface area (TPSA) is 65.1 Å². The first-order valence-electron chi connectivity index (χ1n) is 11.7. The van der Waals surface area contributed by atoms with Crippen LogP contribution in [0.4, 0.5) is 0 Å². The van der Waals surface area contributed by atoms with Gasteiger partial charge in [-0.15, -0.1) is 0 Å². The van der Waals surface area contributed by atoms with Gasteiger partial charge in [-0.3, -0.25) is 14.5 Å². The number of carbonyl (C=O) groups excluding carboxylic acids is 2. The number of hydrogen-bond acceptors (Lipinski definition) is 7. The second-order valence-electron chi connectivity index (χ2n) is 8.13. The summed E-state index contributed by atoms with van der Waals surface area (Å²) in [6, 6.07) is 13.8. The van der Waals surface area contributed by atoms with Crippen molar-refractivity contribution >= 4 is 46.3 Å². The van der Waals surface area contributed by atoms with Crippen LogP contribution in [0.5, 0.6) is 11.5 Å². The van der Waals surface area contributed by atoms with Gasteiger partial charge in [-0.2, -0.15) is 0 Å². The second-order valence-corrected chi connectivity index (χ2v) is 9.81. The van der Waals surface area contributed by atoms with E-state index in [4.69, 9.17) is 26.4 Å². The highest BCUT2D eigenvalue weighted by Gasteiger charge is 2.31. The molecular formula is C27H31NO5S2. The Labute approximate surface area is 216 Å². The maximum atomic E-state index is 12.9. The molecule has 0 aliphatic carbocycles. The smallest absolute Gasteiger partial charge is 0.305 e. The third-order valence-electron chi connectivity index (χ3n) is 5.44. The van der Waals surface area contributed by atoms with Crippen LogP contribution >= 0.6 is 24.0 Å². The quantitative estimate of drug-likeness (QED) is 0.151. The molecule has 6 nitrogen and oxygen atoms in total. The highest BCUT2D eigenvalue weighted by Crippen LogP contribution is 2.35. The maximum absolute atomic E-state index is 12.9. The van der Waals surface area contributed by atoms with Crippen LogP contribution in [0.2, 0.25) is 0 Å². The normalized spacial score (nSPS) is 14.5. The molecule has 186 valence electrons. The molecule has 1 aliphatic heterocycles. The van der Waals surface area contributed by atoms with Gasteiger partial charge >= 0.3 is 5.97 Å². The van der Waals surface area contributed by atoms with Crippen LogP contribution in [0, 0.1) is 6.92 Å². The fourth-order valence-corrected chi connectivity index (χ4v) is 4.84. The van der Waals surface area contributed by atoms with E-state index in [1.54, 1.807) is 18.9 Å². The minimum absolute atomic E-state index is 0.0935. The van der Waals surface area contributed by atoms with Crippen molar-refractivity contribution in [2.45, 2.75) is 46.1 Å². The van der Waals surface area contributed by atoms with E-state index >= 15 is 0 Å². The van der Waals surface area contributed by atoms with Gasteiger partial charge in [-0.1, -0.05) is 66.3 Å². The van der Waals surface area contributed by atoms with Gasteiger partial charge in [0.25, 0.3) is 5.91 Å². The van der Waals surface area contributed by atoms with Crippen molar-refractivity contribution in [1.29, 1.82) is 0 Å². The molecule has 2 aromatic carbocycles. The van der Waals surface area contributed by atoms with E-state index in [0.29, 0.717) is 46.9 Å². The number of benzene rings is 2. The van der Waals surface area contributed by atoms with E-state index in [-0.39, 0.29) is 11.9 Å². The van der Waals surface area contributed by atoms with Crippen molar-refractivity contribution < 1.29 is 23.8 Å². The third-order valence-corrected chi connectivity index (χ3v) is 6.82. The van der Waals surface area contributed by atoms with Crippen molar-refractivity contribution in [3.63, 3.8) is 0 Å². The van der Waals surface area contributed by atoms with E-state index in [0.717, 1.165) is 30.4 Å². The molecular weight excluding hydrogens is 482 g/mol. The average Bonchev–Trinajstić information content (AvgIpc) is 3.11. The van der Waals surface area contributed by atoms with Gasteiger partial charge in [-0.25, -0.2) is 0 Å². The lowest BCUT2D eigenvalue weighted by Gasteiger charge is -2.14. The number of esters is 1. The van der Waals surface area contributed by atoms with Gasteiger partial charge < -0.3 is 14.2 Å². The number of thiocarbonyl (C=S) groups is 1. The lowest BCUT2D eigenvalue weighted by Crippen LogP contribution is -2.29. The molecule has 0 aromatic heterocycles. The highest BCUT2D eigenvalue weighted by molar-refractivity contribution is 8.26. The summed E-state index contributed by atoms with van der Waals surface area (Å²) >= 11 is 6.73. The van der Waals surface area contributed by atoms with E-state index in [2.05, 4.69) is 19.1 Å². The Kier molecular flexibility index (Phi) is 10.2. The largest absolute Gasteiger partial charge is 0.493 e. The summed E-state index contributed by atoms with van der Waals surface area (Å²) in [5.41, 5.74) is 3.11. The number of carbonyl (C=O) groups is 2. The first-order chi connectivity index (χ1) is 16.9. The molecule has 0 atom stereocenters. The van der Waals surface area contributed by atoms with Gasteiger partial charge in [0, 0.05) is 13.0 Å². The number of hydrogen-bond donors (Lipinski definition) is 0. The fourth-order valence-electron chi connectivity index (χ4n) is 3.53. The summed E-state index contributed by atoms with van der Waals surface area (Å²) in [7, 11) is 1.60. The van der Waals surface area contributed by atoms with Gasteiger partial charge in [-0.05, 0) is 56.0 Å². The van der Waals surface area contributed by atoms with Crippen LogP contribution in [-0.2, 0) is 20.9 Å². The molecule has 1 heterocycles. The van der Waals surface area contributed by atoms with E-state index in [1.165, 1.54) is 17.3 Å². The lowest BCUT2D eigenvalue weighted by atomic mass is 10.1. The molecule has 1 saturated heterocycles. The Morgan fingerprint density at radius 2 is 1.86 bits per heavy atom. The number of nitrogens with zero attached hydrogens (tertiary/aromatic N) is 1. The molecule has 1 fully saturated rings. The molecule has 1 amide bonds. The van der Waals surface area contributed by atoms with Crippen molar-refractivity contribution in [2.24, 2.45) is 0 Å². The minimum Gasteiger partial charge on any atom is -0.493 e. The Hall–Kier alpha value is -2.84. The number of ether oxygens (including phenoxy) is 3. The lowest BCUT2D eigenvalue weighted by molar-refractivity contribution is -0.143. The fraction of sp³-hybridized carbons (Fsp3) is 0.370. The Balaban J connectivity index is 1.57. The van der Waals surface area contributed by atoms with Crippen LogP contribution in [0.1, 0.15) is 49.3 Å². The van der Waals surface area contributed by atoms with Crippen LogP contribution in [-0.4, -0.2) is 41.4 Å². The molecule has 0 saturated carbocycles. The van der Waals surface area contributed by atoms with Gasteiger partial charge in [0.2, 0.25) is 0 Å². The van der Waals surface area contributed by atoms with Crippen LogP contribution in [0.3, 0.4) is 0 Å². The van der Waals surface area contributed by atoms with E-state index in [9.17, 15) is 9.59 Å². The minimum atomic E-state index is -0.178. The molecule has 0 radical (unpaired) electrons. The third kappa shape index (κ3) is 7.83. The number of methoxy groups -OCH3 is 1. The molecule has 2 aromatic rings. The molecule has 0 bridgehead atoms. The standard InChI is InChI=1S/C27H31NO5S2/c1-4-32-25(29)8-6-5-7-15-28-26(30)24(35-27(28)34)17-21-13-14-22(23(16-21)31-3)33-18-20-11-9-19(2)10-12-20/h9-14,16-17H,4-8,15,18H2,1-3H3/b24-17-. The Morgan fingerprint density at radius 1 is 1.09 bits per heavy atom. The zero-order chi connectivity index (χ0) is 25.2. The predicted molar refractivity (Wildman–Crippen MR) is 143 cm³/mol. The van der Waals surface area contributed by atoms with Gasteiger partial charge in [0.05, 0.1) is 18.6 Å². The van der Waals surface area contributed by atoms with Crippen molar-refractivity contribution in [3.05, 3.63) is 64.1 Å². The summed E-state index contributed by atoms with van der Waals surface area (Å²) < 4.78 is 17.0. The first kappa shape index (κ1) is 26.8. The molecule has 0 N–H and O–H groups in total. The number of thioether (sulfide) groups is 1. The second kappa shape index (κ2) is 13.3. The maximum Gasteiger partial charge on any atom is 0.305 e. The molecule has 0 spiro atoms. The monoisotopic (exact) mass is 513 g/mol. The summed E-state index contributed by atoms with van der Waals surface area (Å²) in [4.78, 5) is 26.5. The number of amides is 1. The van der Waals surface area contributed by atoms with Crippen LogP contribution < -0.4 is 9.47 Å². The van der Waals surface area contributed by atoms with Crippen LogP contribution in [0.15, 0.2) is 47.4 Å². The van der Waals surface area contributed by atoms with Crippen molar-refractivity contribution in [2.75, 3.05) is 20.3 Å². The molecule has 3 rings (SSSR count). The number of rotatable bonds is 12. The van der Waals surface area contributed by atoms with Crippen molar-refractivity contribution in [3.8, 4) is 11.5 Å². The van der Waals surface area contributed by atoms with Crippen LogP contribution in [0.25, 0.3) is 6.08 Å². The van der Waals surface area contributed by atoms with Gasteiger partial charge in [0.15, 0.2) is 11.5 Å². The summed E-state index contributed by atoms with van der Waals surface area (Å²) in [6.07, 6.45) is 4.57. The molecule has 8 heteroatoms. The van der Waals surface area contributed by atoms with E-state index in [1.807, 2.05) is 36.4 Å². The first-order valence-corrected chi connectivity index (χ1v) is 12.9. The molecule has 35 heavy (non-hydrogen) atoms. The molecule has 0 unspecified atom stereocenters. The Morgan fingerprint density at radius 3 is 2.57 bits per heavy atom. The van der Waals surface area contributed by atoms with E-state index < -0.39 is 0 Å². The summed E-state index contributed by atoms with van der Waals surface area (Å²) in [5.74, 6) is 0.968. The summed E-state index contributed by atoms with van der Waals surface area (Å²) in [5, 5.41) is 0. The predicted octanol–water partition coefficient (Wildman–Crippen LogP) is 5.91. The molecule has 1 aliphatic rings. The zero-order valence-corrected chi connectivity index (χ0v) is 22.0. The number of unbranched alkanes of at least 4 members (excludes halogenated alkanes) is 2. The van der Waals surface area contributed by atoms with Crippen molar-refractivity contribution in [1.82, 2.24) is 4.90 Å². The zero-order valence-electron chi connectivity index (χ0n) is 20.4. The summed E-state index contributed by atoms with van der Waals surface area (Å²) in [6.45, 7) is 5.23. The SMILES string of the molecule is CCOC(=O)CCCCCN1C(=O)/C(=C/c2ccc(OCc3ccc(C)cc3)c(OC)c2)SC1=S. The van der Waals surface area contributed by atoms with Gasteiger partial charge in [0.1, 0.15) is 10.9 Å².